The van der Waals surface area contributed by atoms with Crippen molar-refractivity contribution in [2.75, 3.05) is 7.11 Å². The zero-order valence-electron chi connectivity index (χ0n) is 5.07. The molecule has 0 radical (unpaired) electrons. The molecule has 0 aromatic carbocycles. The second-order valence-electron chi connectivity index (χ2n) is 2.19. The molecule has 0 aliphatic heterocycles. The number of thiol groups is 1. The Morgan fingerprint density at radius 3 is 1.90 bits per heavy atom. The molecule has 4 nitrogen and oxygen atoms in total. The zero-order chi connectivity index (χ0) is 7.12. The Hall–Kier alpha value is 1.03. The van der Waals surface area contributed by atoms with Crippen LogP contribution in [-0.2, 0) is 15.2 Å². The van der Waals surface area contributed by atoms with Gasteiger partial charge in [0.15, 0.2) is 4.93 Å². The Bertz CT molecular complexity index is 161. The second kappa shape index (κ2) is 3.18. The predicted molar refractivity (Wildman–Crippen MR) is 40.9 cm³/mol. The van der Waals surface area contributed by atoms with Crippen molar-refractivity contribution in [2.45, 2.75) is 17.8 Å². The summed E-state index contributed by atoms with van der Waals surface area (Å²) in [7, 11) is -2.65. The van der Waals surface area contributed by atoms with E-state index in [4.69, 9.17) is 9.11 Å². The Labute approximate surface area is 82.7 Å². The van der Waals surface area contributed by atoms with Gasteiger partial charge in [-0.25, -0.2) is 4.21 Å². The molecular formula is C4H11NaO4S. The molecule has 2 N–H and O–H groups in total. The summed E-state index contributed by atoms with van der Waals surface area (Å²) >= 11 is 0. The Morgan fingerprint density at radius 2 is 1.90 bits per heavy atom. The van der Waals surface area contributed by atoms with Gasteiger partial charge in [0.05, 0.1) is 0 Å². The molecule has 0 heterocycles. The molecule has 0 aromatic rings. The number of rotatable bonds is 2. The van der Waals surface area contributed by atoms with Crippen LogP contribution in [0.5, 0.6) is 0 Å². The van der Waals surface area contributed by atoms with Gasteiger partial charge in [0, 0.05) is 7.11 Å². The maximum absolute atomic E-state index is 10.5. The van der Waals surface area contributed by atoms with Crippen LogP contribution in [0.25, 0.3) is 0 Å². The molecule has 58 valence electrons. The minimum absolute atomic E-state index is 0. The van der Waals surface area contributed by atoms with Crippen molar-refractivity contribution in [3.63, 3.8) is 0 Å². The van der Waals surface area contributed by atoms with Crippen molar-refractivity contribution in [2.24, 2.45) is 0 Å². The molecule has 1 fully saturated rings. The minimum atomic E-state index is -3.98. The van der Waals surface area contributed by atoms with E-state index in [0.29, 0.717) is 12.8 Å². The van der Waals surface area contributed by atoms with Crippen molar-refractivity contribution in [3.8, 4) is 0 Å². The molecule has 0 unspecified atom stereocenters. The molecule has 0 bridgehead atoms. The molecule has 1 aliphatic carbocycles. The van der Waals surface area contributed by atoms with Crippen LogP contribution >= 0.6 is 0 Å². The monoisotopic (exact) mass is 178 g/mol. The molecule has 1 aliphatic rings. The standard InChI is InChI=1S/C4H10O4S.Na.H/c1-8-4(2-3-4)9(5,6)7;;/h9H,2-3H2,1H3,(H2,5,6,7);;. The number of hydrogen-bond donors (Lipinski definition) is 3. The van der Waals surface area contributed by atoms with E-state index in [2.05, 4.69) is 4.74 Å². The van der Waals surface area contributed by atoms with Crippen LogP contribution in [0.15, 0.2) is 0 Å². The average molecular weight is 178 g/mol. The van der Waals surface area contributed by atoms with Crippen molar-refractivity contribution in [1.29, 1.82) is 0 Å². The molecule has 0 amide bonds. The number of hydrogen-bond acceptors (Lipinski definition) is 2. The van der Waals surface area contributed by atoms with E-state index in [1.807, 2.05) is 0 Å². The third-order valence-electron chi connectivity index (χ3n) is 1.59. The van der Waals surface area contributed by atoms with Gasteiger partial charge in [-0.1, -0.05) is 0 Å². The van der Waals surface area contributed by atoms with Gasteiger partial charge in [-0.2, -0.15) is 0 Å². The fourth-order valence-electron chi connectivity index (χ4n) is 0.721. The SMILES string of the molecule is COC1([SH](=O)(O)O)CC1.[NaH]. The summed E-state index contributed by atoms with van der Waals surface area (Å²) in [6.07, 6.45) is 0.960. The fourth-order valence-corrected chi connectivity index (χ4v) is 1.65. The van der Waals surface area contributed by atoms with Gasteiger partial charge in [0.1, 0.15) is 10.5 Å². The summed E-state index contributed by atoms with van der Waals surface area (Å²) in [5, 5.41) is 0. The normalized spacial score (nSPS) is 23.1. The zero-order valence-corrected chi connectivity index (χ0v) is 5.97. The van der Waals surface area contributed by atoms with Gasteiger partial charge in [0.2, 0.25) is 0 Å². The van der Waals surface area contributed by atoms with E-state index in [1.165, 1.54) is 7.11 Å². The number of methoxy groups -OCH3 is 1. The van der Waals surface area contributed by atoms with Crippen LogP contribution < -0.4 is 0 Å². The van der Waals surface area contributed by atoms with Gasteiger partial charge in [0.25, 0.3) is 0 Å². The molecule has 0 aromatic heterocycles. The van der Waals surface area contributed by atoms with Crippen molar-refractivity contribution in [3.05, 3.63) is 0 Å². The van der Waals surface area contributed by atoms with Crippen LogP contribution in [-0.4, -0.2) is 54.9 Å². The molecule has 0 atom stereocenters. The third kappa shape index (κ3) is 1.79. The summed E-state index contributed by atoms with van der Waals surface area (Å²) in [4.78, 5) is -1.10. The van der Waals surface area contributed by atoms with Crippen LogP contribution in [0.2, 0.25) is 0 Å². The van der Waals surface area contributed by atoms with Gasteiger partial charge >= 0.3 is 29.6 Å². The fraction of sp³-hybridized carbons (Fsp3) is 1.00. The molecule has 6 heteroatoms. The molecule has 1 saturated carbocycles. The first-order valence-corrected chi connectivity index (χ1v) is 4.24. The van der Waals surface area contributed by atoms with E-state index in [-0.39, 0.29) is 29.6 Å². The van der Waals surface area contributed by atoms with Crippen LogP contribution in [0.1, 0.15) is 12.8 Å². The van der Waals surface area contributed by atoms with Crippen molar-refractivity contribution < 1.29 is 18.1 Å². The van der Waals surface area contributed by atoms with E-state index in [1.54, 1.807) is 0 Å². The Balaban J connectivity index is 0.000000810. The summed E-state index contributed by atoms with van der Waals surface area (Å²) in [6, 6.07) is 0. The van der Waals surface area contributed by atoms with Gasteiger partial charge < -0.3 is 13.8 Å². The van der Waals surface area contributed by atoms with E-state index >= 15 is 0 Å². The average Bonchev–Trinajstić information content (AvgIpc) is 2.40. The molecule has 1 rings (SSSR count). The maximum atomic E-state index is 10.5. The summed E-state index contributed by atoms with van der Waals surface area (Å²) in [5.74, 6) is 0. The first-order valence-electron chi connectivity index (χ1n) is 2.63. The van der Waals surface area contributed by atoms with E-state index in [9.17, 15) is 4.21 Å². The summed E-state index contributed by atoms with van der Waals surface area (Å²) in [6.45, 7) is 0. The third-order valence-corrected chi connectivity index (χ3v) is 3.28. The van der Waals surface area contributed by atoms with Gasteiger partial charge in [-0.05, 0) is 12.8 Å². The van der Waals surface area contributed by atoms with Crippen LogP contribution in [0.3, 0.4) is 0 Å². The van der Waals surface area contributed by atoms with Gasteiger partial charge in [-0.15, -0.1) is 0 Å². The topological polar surface area (TPSA) is 66.8 Å². The predicted octanol–water partition coefficient (Wildman–Crippen LogP) is -0.563. The number of ether oxygens (including phenoxy) is 1. The molecule has 0 saturated heterocycles. The van der Waals surface area contributed by atoms with E-state index < -0.39 is 15.4 Å². The Morgan fingerprint density at radius 1 is 1.50 bits per heavy atom. The quantitative estimate of drug-likeness (QED) is 0.391. The Kier molecular flexibility index (Phi) is 3.51. The first kappa shape index (κ1) is 11.0. The summed E-state index contributed by atoms with van der Waals surface area (Å²) < 4.78 is 32.4. The molecule has 10 heavy (non-hydrogen) atoms. The molecular weight excluding hydrogens is 167 g/mol. The van der Waals surface area contributed by atoms with E-state index in [0.717, 1.165) is 0 Å². The van der Waals surface area contributed by atoms with Crippen molar-refractivity contribution in [1.82, 2.24) is 0 Å². The second-order valence-corrected chi connectivity index (χ2v) is 4.10. The van der Waals surface area contributed by atoms with Crippen LogP contribution in [0, 0.1) is 0 Å². The van der Waals surface area contributed by atoms with Crippen LogP contribution in [0.4, 0.5) is 0 Å². The van der Waals surface area contributed by atoms with Gasteiger partial charge in [-0.3, -0.25) is 0 Å². The summed E-state index contributed by atoms with van der Waals surface area (Å²) in [5.41, 5.74) is 0. The molecule has 0 spiro atoms. The van der Waals surface area contributed by atoms with Crippen molar-refractivity contribution >= 4 is 40.1 Å². The first-order chi connectivity index (χ1) is 4.02.